The van der Waals surface area contributed by atoms with Gasteiger partial charge in [0.25, 0.3) is 0 Å². The van der Waals surface area contributed by atoms with E-state index in [1.807, 2.05) is 4.57 Å². The van der Waals surface area contributed by atoms with Crippen molar-refractivity contribution in [1.82, 2.24) is 14.8 Å². The van der Waals surface area contributed by atoms with Crippen LogP contribution >= 0.6 is 0 Å². The zero-order chi connectivity index (χ0) is 17.8. The molecule has 1 N–H and O–H groups in total. The van der Waals surface area contributed by atoms with Crippen LogP contribution < -0.4 is 9.47 Å². The van der Waals surface area contributed by atoms with Gasteiger partial charge in [-0.2, -0.15) is 5.26 Å². The molecule has 0 aliphatic carbocycles. The highest BCUT2D eigenvalue weighted by molar-refractivity contribution is 5.88. The number of allylic oxidation sites excluding steroid dienone is 1. The van der Waals surface area contributed by atoms with Crippen LogP contribution in [0.1, 0.15) is 36.5 Å². The van der Waals surface area contributed by atoms with Gasteiger partial charge in [0.2, 0.25) is 5.75 Å². The summed E-state index contributed by atoms with van der Waals surface area (Å²) >= 11 is 0. The number of aromatic nitrogens is 3. The first-order chi connectivity index (χ1) is 12.2. The Bertz CT molecular complexity index is 823. The van der Waals surface area contributed by atoms with Crippen molar-refractivity contribution in [2.45, 2.75) is 32.2 Å². The number of hydrogen-bond acceptors (Lipinski definition) is 6. The monoisotopic (exact) mass is 340 g/mol. The maximum atomic E-state index is 10.0. The Labute approximate surface area is 146 Å². The fraction of sp³-hybridized carbons (Fsp3) is 0.389. The van der Waals surface area contributed by atoms with Gasteiger partial charge in [0.05, 0.1) is 19.8 Å². The second-order valence-corrected chi connectivity index (χ2v) is 5.85. The molecule has 0 fully saturated rings. The van der Waals surface area contributed by atoms with Gasteiger partial charge in [0.1, 0.15) is 11.9 Å². The lowest BCUT2D eigenvalue weighted by atomic mass is 10.1. The van der Waals surface area contributed by atoms with Crippen molar-refractivity contribution in [3.05, 3.63) is 29.3 Å². The lowest BCUT2D eigenvalue weighted by Crippen LogP contribution is -2.05. The molecule has 0 amide bonds. The highest BCUT2D eigenvalue weighted by Crippen LogP contribution is 2.38. The number of aryl methyl sites for hydroxylation is 1. The minimum Gasteiger partial charge on any atom is -0.502 e. The SMILES string of the molecule is COc1cc(C=C(C#N)c2nnc3n2CCCCC3)cc(OC)c1O. The number of hydrogen-bond donors (Lipinski definition) is 1. The van der Waals surface area contributed by atoms with Crippen LogP contribution in [0.4, 0.5) is 0 Å². The van der Waals surface area contributed by atoms with E-state index < -0.39 is 0 Å². The minimum atomic E-state index is -0.0722. The summed E-state index contributed by atoms with van der Waals surface area (Å²) in [7, 11) is 2.93. The van der Waals surface area contributed by atoms with Crippen LogP contribution in [0.15, 0.2) is 12.1 Å². The lowest BCUT2D eigenvalue weighted by Gasteiger charge is -2.10. The number of phenolic OH excluding ortho intramolecular Hbond substituents is 1. The fourth-order valence-electron chi connectivity index (χ4n) is 2.99. The fourth-order valence-corrected chi connectivity index (χ4v) is 2.99. The van der Waals surface area contributed by atoms with E-state index >= 15 is 0 Å². The molecule has 0 atom stereocenters. The average molecular weight is 340 g/mol. The van der Waals surface area contributed by atoms with Crippen LogP contribution in [-0.4, -0.2) is 34.1 Å². The van der Waals surface area contributed by atoms with E-state index in [1.165, 1.54) is 14.2 Å². The molecule has 130 valence electrons. The first-order valence-electron chi connectivity index (χ1n) is 8.17. The Hall–Kier alpha value is -3.01. The maximum Gasteiger partial charge on any atom is 0.200 e. The largest absolute Gasteiger partial charge is 0.502 e. The molecular weight excluding hydrogens is 320 g/mol. The Kier molecular flexibility index (Phi) is 4.89. The quantitative estimate of drug-likeness (QED) is 0.860. The predicted octanol–water partition coefficient (Wildman–Crippen LogP) is 2.79. The first-order valence-corrected chi connectivity index (χ1v) is 8.17. The molecule has 2 aromatic rings. The average Bonchev–Trinajstić information content (AvgIpc) is 2.88. The number of fused-ring (bicyclic) bond motifs is 1. The Morgan fingerprint density at radius 2 is 1.92 bits per heavy atom. The van der Waals surface area contributed by atoms with Gasteiger partial charge in [-0.15, -0.1) is 10.2 Å². The summed E-state index contributed by atoms with van der Waals surface area (Å²) < 4.78 is 12.4. The highest BCUT2D eigenvalue weighted by atomic mass is 16.5. The third kappa shape index (κ3) is 3.29. The second kappa shape index (κ2) is 7.26. The summed E-state index contributed by atoms with van der Waals surface area (Å²) in [6.07, 6.45) is 5.88. The van der Waals surface area contributed by atoms with Crippen molar-refractivity contribution in [3.63, 3.8) is 0 Å². The van der Waals surface area contributed by atoms with Gasteiger partial charge >= 0.3 is 0 Å². The van der Waals surface area contributed by atoms with Gasteiger partial charge in [-0.05, 0) is 36.6 Å². The number of rotatable bonds is 4. The van der Waals surface area contributed by atoms with E-state index in [2.05, 4.69) is 16.3 Å². The van der Waals surface area contributed by atoms with Crippen LogP contribution in [0.5, 0.6) is 17.2 Å². The number of benzene rings is 1. The van der Waals surface area contributed by atoms with Gasteiger partial charge in [0.15, 0.2) is 17.3 Å². The molecule has 7 nitrogen and oxygen atoms in total. The molecule has 1 aliphatic rings. The van der Waals surface area contributed by atoms with Crippen LogP contribution in [0.3, 0.4) is 0 Å². The second-order valence-electron chi connectivity index (χ2n) is 5.85. The molecule has 0 unspecified atom stereocenters. The maximum absolute atomic E-state index is 10.0. The van der Waals surface area contributed by atoms with Crippen molar-refractivity contribution < 1.29 is 14.6 Å². The molecular formula is C18H20N4O3. The molecule has 3 rings (SSSR count). The first kappa shape index (κ1) is 16.8. The summed E-state index contributed by atoms with van der Waals surface area (Å²) in [5, 5.41) is 28.1. The summed E-state index contributed by atoms with van der Waals surface area (Å²) in [6, 6.07) is 5.50. The van der Waals surface area contributed by atoms with E-state index in [9.17, 15) is 10.4 Å². The smallest absolute Gasteiger partial charge is 0.200 e. The molecule has 0 saturated carbocycles. The Morgan fingerprint density at radius 1 is 1.20 bits per heavy atom. The third-order valence-electron chi connectivity index (χ3n) is 4.28. The number of ether oxygens (including phenoxy) is 2. The molecule has 2 heterocycles. The van der Waals surface area contributed by atoms with E-state index in [4.69, 9.17) is 9.47 Å². The molecule has 25 heavy (non-hydrogen) atoms. The molecule has 1 aromatic carbocycles. The molecule has 0 radical (unpaired) electrons. The van der Waals surface area contributed by atoms with E-state index in [0.717, 1.165) is 38.1 Å². The van der Waals surface area contributed by atoms with Gasteiger partial charge in [-0.25, -0.2) is 0 Å². The van der Waals surface area contributed by atoms with Gasteiger partial charge in [0, 0.05) is 13.0 Å². The van der Waals surface area contributed by atoms with Crippen molar-refractivity contribution in [3.8, 4) is 23.3 Å². The van der Waals surface area contributed by atoms with Crippen LogP contribution in [0.25, 0.3) is 11.6 Å². The van der Waals surface area contributed by atoms with Gasteiger partial charge < -0.3 is 19.1 Å². The molecule has 1 aromatic heterocycles. The number of nitrogens with zero attached hydrogens (tertiary/aromatic N) is 4. The Morgan fingerprint density at radius 3 is 2.56 bits per heavy atom. The van der Waals surface area contributed by atoms with Crippen molar-refractivity contribution in [1.29, 1.82) is 5.26 Å². The van der Waals surface area contributed by atoms with Crippen molar-refractivity contribution in [2.24, 2.45) is 0 Å². The van der Waals surface area contributed by atoms with E-state index in [-0.39, 0.29) is 17.2 Å². The third-order valence-corrected chi connectivity index (χ3v) is 4.28. The molecule has 1 aliphatic heterocycles. The normalized spacial score (nSPS) is 14.4. The van der Waals surface area contributed by atoms with Crippen molar-refractivity contribution in [2.75, 3.05) is 14.2 Å². The van der Waals surface area contributed by atoms with Crippen LogP contribution in [-0.2, 0) is 13.0 Å². The number of nitriles is 1. The van der Waals surface area contributed by atoms with Gasteiger partial charge in [-0.3, -0.25) is 0 Å². The van der Waals surface area contributed by atoms with E-state index in [1.54, 1.807) is 18.2 Å². The molecule has 0 bridgehead atoms. The summed E-state index contributed by atoms with van der Waals surface area (Å²) in [4.78, 5) is 0. The number of aromatic hydroxyl groups is 1. The van der Waals surface area contributed by atoms with Crippen molar-refractivity contribution >= 4 is 11.6 Å². The standard InChI is InChI=1S/C18H20N4O3/c1-24-14-9-12(10-15(25-2)17(14)23)8-13(11-19)18-21-20-16-6-4-3-5-7-22(16)18/h8-10,23H,3-7H2,1-2H3. The predicted molar refractivity (Wildman–Crippen MR) is 92.3 cm³/mol. The summed E-state index contributed by atoms with van der Waals surface area (Å²) in [5.74, 6) is 1.99. The van der Waals surface area contributed by atoms with Crippen LogP contribution in [0.2, 0.25) is 0 Å². The number of methoxy groups -OCH3 is 2. The lowest BCUT2D eigenvalue weighted by molar-refractivity contribution is 0.340. The zero-order valence-corrected chi connectivity index (χ0v) is 14.3. The van der Waals surface area contributed by atoms with E-state index in [0.29, 0.717) is 17.0 Å². The minimum absolute atomic E-state index is 0.0722. The summed E-state index contributed by atoms with van der Waals surface area (Å²) in [6.45, 7) is 0.818. The zero-order valence-electron chi connectivity index (χ0n) is 14.3. The molecule has 7 heteroatoms. The van der Waals surface area contributed by atoms with Gasteiger partial charge in [-0.1, -0.05) is 6.42 Å². The molecule has 0 spiro atoms. The Balaban J connectivity index is 2.05. The molecule has 0 saturated heterocycles. The number of phenols is 1. The highest BCUT2D eigenvalue weighted by Gasteiger charge is 2.18. The summed E-state index contributed by atoms with van der Waals surface area (Å²) in [5.41, 5.74) is 1.09. The topological polar surface area (TPSA) is 93.2 Å². The van der Waals surface area contributed by atoms with Crippen LogP contribution in [0, 0.1) is 11.3 Å².